The molecule has 0 aromatic heterocycles. The summed E-state index contributed by atoms with van der Waals surface area (Å²) in [7, 11) is 1.99. The molecule has 1 heterocycles. The van der Waals surface area contributed by atoms with Crippen LogP contribution < -0.4 is 10.1 Å². The Labute approximate surface area is 116 Å². The SMILES string of the molecule is CNC(c1ccccc1OC(C)C)C1CCCCO1. The van der Waals surface area contributed by atoms with Crippen LogP contribution in [0.4, 0.5) is 0 Å². The van der Waals surface area contributed by atoms with Gasteiger partial charge >= 0.3 is 0 Å². The van der Waals surface area contributed by atoms with Gasteiger partial charge in [0.15, 0.2) is 0 Å². The average Bonchev–Trinajstić information content (AvgIpc) is 2.42. The molecule has 2 rings (SSSR count). The van der Waals surface area contributed by atoms with Crippen LogP contribution in [0.2, 0.25) is 0 Å². The molecule has 0 bridgehead atoms. The van der Waals surface area contributed by atoms with Crippen molar-refractivity contribution in [1.29, 1.82) is 0 Å². The molecule has 0 spiro atoms. The molecule has 0 radical (unpaired) electrons. The van der Waals surface area contributed by atoms with Crippen molar-refractivity contribution in [3.05, 3.63) is 29.8 Å². The minimum Gasteiger partial charge on any atom is -0.491 e. The average molecular weight is 263 g/mol. The number of hydrogen-bond donors (Lipinski definition) is 1. The molecule has 19 heavy (non-hydrogen) atoms. The van der Waals surface area contributed by atoms with Gasteiger partial charge in [0.1, 0.15) is 5.75 Å². The van der Waals surface area contributed by atoms with Gasteiger partial charge in [-0.15, -0.1) is 0 Å². The summed E-state index contributed by atoms with van der Waals surface area (Å²) in [6.07, 6.45) is 3.97. The largest absolute Gasteiger partial charge is 0.491 e. The van der Waals surface area contributed by atoms with E-state index >= 15 is 0 Å². The second-order valence-electron chi connectivity index (χ2n) is 5.38. The van der Waals surface area contributed by atoms with Gasteiger partial charge in [0, 0.05) is 12.2 Å². The molecule has 1 N–H and O–H groups in total. The summed E-state index contributed by atoms with van der Waals surface area (Å²) in [5.41, 5.74) is 1.20. The Kier molecular flexibility index (Phi) is 5.23. The van der Waals surface area contributed by atoms with E-state index in [1.807, 2.05) is 19.2 Å². The molecule has 1 aromatic carbocycles. The quantitative estimate of drug-likeness (QED) is 0.884. The number of ether oxygens (including phenoxy) is 2. The van der Waals surface area contributed by atoms with Crippen LogP contribution in [0.15, 0.2) is 24.3 Å². The van der Waals surface area contributed by atoms with Gasteiger partial charge in [0.05, 0.1) is 18.2 Å². The molecule has 0 saturated carbocycles. The minimum absolute atomic E-state index is 0.186. The monoisotopic (exact) mass is 263 g/mol. The van der Waals surface area contributed by atoms with E-state index in [9.17, 15) is 0 Å². The summed E-state index contributed by atoms with van der Waals surface area (Å²) >= 11 is 0. The number of benzene rings is 1. The Morgan fingerprint density at radius 1 is 1.26 bits per heavy atom. The van der Waals surface area contributed by atoms with E-state index in [-0.39, 0.29) is 18.2 Å². The molecule has 3 nitrogen and oxygen atoms in total. The van der Waals surface area contributed by atoms with Crippen molar-refractivity contribution in [2.75, 3.05) is 13.7 Å². The molecule has 0 amide bonds. The summed E-state index contributed by atoms with van der Waals surface area (Å²) in [5, 5.41) is 3.40. The van der Waals surface area contributed by atoms with Crippen LogP contribution in [0, 0.1) is 0 Å². The molecular weight excluding hydrogens is 238 g/mol. The molecule has 2 atom stereocenters. The van der Waals surface area contributed by atoms with Crippen LogP contribution in [0.5, 0.6) is 5.75 Å². The van der Waals surface area contributed by atoms with E-state index < -0.39 is 0 Å². The van der Waals surface area contributed by atoms with E-state index in [1.165, 1.54) is 18.4 Å². The second kappa shape index (κ2) is 6.92. The molecule has 0 aliphatic carbocycles. The van der Waals surface area contributed by atoms with Crippen molar-refractivity contribution >= 4 is 0 Å². The topological polar surface area (TPSA) is 30.5 Å². The summed E-state index contributed by atoms with van der Waals surface area (Å²) < 4.78 is 11.9. The van der Waals surface area contributed by atoms with Crippen molar-refractivity contribution in [3.8, 4) is 5.75 Å². The van der Waals surface area contributed by atoms with Gasteiger partial charge in [-0.2, -0.15) is 0 Å². The maximum atomic E-state index is 5.93. The normalized spacial score (nSPS) is 21.4. The summed E-state index contributed by atoms with van der Waals surface area (Å²) in [6, 6.07) is 8.47. The molecule has 1 aliphatic rings. The standard InChI is InChI=1S/C16H25NO2/c1-12(2)19-14-9-5-4-8-13(14)16(17-3)15-10-6-7-11-18-15/h4-5,8-9,12,15-17H,6-7,10-11H2,1-3H3. The molecule has 1 aliphatic heterocycles. The van der Waals surface area contributed by atoms with Gasteiger partial charge in [-0.1, -0.05) is 18.2 Å². The lowest BCUT2D eigenvalue weighted by Gasteiger charge is -2.31. The summed E-state index contributed by atoms with van der Waals surface area (Å²) in [4.78, 5) is 0. The molecule has 106 valence electrons. The molecule has 2 unspecified atom stereocenters. The van der Waals surface area contributed by atoms with Gasteiger partial charge < -0.3 is 14.8 Å². The Hall–Kier alpha value is -1.06. The third kappa shape index (κ3) is 3.71. The molecular formula is C16H25NO2. The summed E-state index contributed by atoms with van der Waals surface area (Å²) in [6.45, 7) is 4.99. The second-order valence-corrected chi connectivity index (χ2v) is 5.38. The van der Waals surface area contributed by atoms with Gasteiger partial charge in [0.25, 0.3) is 0 Å². The first-order valence-electron chi connectivity index (χ1n) is 7.27. The fourth-order valence-electron chi connectivity index (χ4n) is 2.67. The number of hydrogen-bond acceptors (Lipinski definition) is 3. The fourth-order valence-corrected chi connectivity index (χ4v) is 2.67. The highest BCUT2D eigenvalue weighted by Gasteiger charge is 2.27. The zero-order valence-corrected chi connectivity index (χ0v) is 12.2. The van der Waals surface area contributed by atoms with Crippen LogP contribution in [-0.2, 0) is 4.74 Å². The number of para-hydroxylation sites is 1. The van der Waals surface area contributed by atoms with Crippen LogP contribution in [-0.4, -0.2) is 25.9 Å². The van der Waals surface area contributed by atoms with Crippen LogP contribution in [0.1, 0.15) is 44.7 Å². The number of likely N-dealkylation sites (N-methyl/N-ethyl adjacent to an activating group) is 1. The lowest BCUT2D eigenvalue weighted by atomic mass is 9.95. The maximum Gasteiger partial charge on any atom is 0.124 e. The predicted molar refractivity (Wildman–Crippen MR) is 77.6 cm³/mol. The first-order valence-corrected chi connectivity index (χ1v) is 7.27. The zero-order valence-electron chi connectivity index (χ0n) is 12.2. The third-order valence-corrected chi connectivity index (χ3v) is 3.51. The maximum absolute atomic E-state index is 5.93. The Morgan fingerprint density at radius 3 is 2.68 bits per heavy atom. The molecule has 3 heteroatoms. The van der Waals surface area contributed by atoms with E-state index in [0.29, 0.717) is 0 Å². The van der Waals surface area contributed by atoms with Crippen LogP contribution in [0.3, 0.4) is 0 Å². The van der Waals surface area contributed by atoms with Gasteiger partial charge in [0.2, 0.25) is 0 Å². The van der Waals surface area contributed by atoms with E-state index in [2.05, 4.69) is 31.3 Å². The minimum atomic E-state index is 0.186. The highest BCUT2D eigenvalue weighted by Crippen LogP contribution is 2.32. The smallest absolute Gasteiger partial charge is 0.124 e. The zero-order chi connectivity index (χ0) is 13.7. The van der Waals surface area contributed by atoms with Gasteiger partial charge in [-0.25, -0.2) is 0 Å². The van der Waals surface area contributed by atoms with Crippen molar-refractivity contribution in [2.24, 2.45) is 0 Å². The van der Waals surface area contributed by atoms with Crippen molar-refractivity contribution in [1.82, 2.24) is 5.32 Å². The van der Waals surface area contributed by atoms with Crippen LogP contribution >= 0.6 is 0 Å². The lowest BCUT2D eigenvalue weighted by Crippen LogP contribution is -2.34. The Bertz CT molecular complexity index is 386. The Morgan fingerprint density at radius 2 is 2.05 bits per heavy atom. The van der Waals surface area contributed by atoms with Crippen molar-refractivity contribution in [3.63, 3.8) is 0 Å². The molecule has 1 aromatic rings. The summed E-state index contributed by atoms with van der Waals surface area (Å²) in [5.74, 6) is 0.964. The van der Waals surface area contributed by atoms with Crippen molar-refractivity contribution < 1.29 is 9.47 Å². The lowest BCUT2D eigenvalue weighted by molar-refractivity contribution is -0.00730. The first kappa shape index (κ1) is 14.4. The van der Waals surface area contributed by atoms with Gasteiger partial charge in [-0.3, -0.25) is 0 Å². The molecule has 1 fully saturated rings. The predicted octanol–water partition coefficient (Wildman–Crippen LogP) is 3.30. The first-order chi connectivity index (χ1) is 9.22. The highest BCUT2D eigenvalue weighted by atomic mass is 16.5. The Balaban J connectivity index is 2.21. The molecule has 1 saturated heterocycles. The number of rotatable bonds is 5. The van der Waals surface area contributed by atoms with E-state index in [0.717, 1.165) is 18.8 Å². The third-order valence-electron chi connectivity index (χ3n) is 3.51. The fraction of sp³-hybridized carbons (Fsp3) is 0.625. The van der Waals surface area contributed by atoms with Crippen LogP contribution in [0.25, 0.3) is 0 Å². The highest BCUT2D eigenvalue weighted by molar-refractivity contribution is 5.36. The van der Waals surface area contributed by atoms with E-state index in [1.54, 1.807) is 0 Å². The van der Waals surface area contributed by atoms with Gasteiger partial charge in [-0.05, 0) is 46.2 Å². The van der Waals surface area contributed by atoms with E-state index in [4.69, 9.17) is 9.47 Å². The number of nitrogens with one attached hydrogen (secondary N) is 1. The van der Waals surface area contributed by atoms with Crippen molar-refractivity contribution in [2.45, 2.75) is 51.4 Å².